The van der Waals surface area contributed by atoms with Gasteiger partial charge in [0.15, 0.2) is 0 Å². The van der Waals surface area contributed by atoms with Crippen molar-refractivity contribution in [2.24, 2.45) is 5.73 Å². The molecular weight excluding hydrogens is 429 g/mol. The van der Waals surface area contributed by atoms with Crippen molar-refractivity contribution in [3.63, 3.8) is 0 Å². The third kappa shape index (κ3) is 6.61. The number of rotatable bonds is 8. The highest BCUT2D eigenvalue weighted by Gasteiger charge is 2.27. The van der Waals surface area contributed by atoms with Crippen molar-refractivity contribution in [2.75, 3.05) is 18.1 Å². The topological polar surface area (TPSA) is 69.4 Å². The Balaban J connectivity index is 0.00000300. The first-order valence-electron chi connectivity index (χ1n) is 9.84. The van der Waals surface area contributed by atoms with Gasteiger partial charge in [-0.2, -0.15) is 0 Å². The Morgan fingerprint density at radius 2 is 2.00 bits per heavy atom. The van der Waals surface area contributed by atoms with Gasteiger partial charge in [-0.3, -0.25) is 0 Å². The maximum absolute atomic E-state index is 11.6. The number of benzene rings is 2. The van der Waals surface area contributed by atoms with Gasteiger partial charge in [-0.15, -0.1) is 12.4 Å². The highest BCUT2D eigenvalue weighted by molar-refractivity contribution is 7.91. The Bertz CT molecular complexity index is 918. The standard InChI is InChI=1S/C22H28ClNO3S.ClH/c1-2-28(25,26)12-4-11-27-19-9-7-17-8-10-22(24)21(20(17)15-19)14-16-5-3-6-18(23)13-16;/h3,5-7,9,13,15,21-22H,2,4,8,10-12,14,24H2,1H3;1H. The molecule has 1 aliphatic rings. The fourth-order valence-corrected chi connectivity index (χ4v) is 4.84. The van der Waals surface area contributed by atoms with Crippen molar-refractivity contribution < 1.29 is 13.2 Å². The molecule has 0 amide bonds. The number of ether oxygens (including phenoxy) is 1. The van der Waals surface area contributed by atoms with Crippen molar-refractivity contribution in [3.8, 4) is 5.75 Å². The summed E-state index contributed by atoms with van der Waals surface area (Å²) in [6, 6.07) is 14.2. The smallest absolute Gasteiger partial charge is 0.150 e. The average molecular weight is 458 g/mol. The van der Waals surface area contributed by atoms with Gasteiger partial charge in [-0.05, 0) is 66.6 Å². The largest absolute Gasteiger partial charge is 0.494 e. The molecule has 0 saturated heterocycles. The minimum atomic E-state index is -2.95. The lowest BCUT2D eigenvalue weighted by molar-refractivity contribution is 0.316. The lowest BCUT2D eigenvalue weighted by atomic mass is 9.76. The third-order valence-corrected chi connectivity index (χ3v) is 7.46. The molecule has 2 aromatic rings. The van der Waals surface area contributed by atoms with Gasteiger partial charge in [0.2, 0.25) is 0 Å². The Morgan fingerprint density at radius 3 is 2.72 bits per heavy atom. The number of aryl methyl sites for hydroxylation is 1. The first-order chi connectivity index (χ1) is 13.4. The zero-order valence-electron chi connectivity index (χ0n) is 16.6. The van der Waals surface area contributed by atoms with Gasteiger partial charge in [-0.1, -0.05) is 36.7 Å². The van der Waals surface area contributed by atoms with E-state index in [0.717, 1.165) is 30.0 Å². The lowest BCUT2D eigenvalue weighted by Gasteiger charge is -2.32. The Morgan fingerprint density at radius 1 is 1.21 bits per heavy atom. The van der Waals surface area contributed by atoms with Crippen LogP contribution in [0.2, 0.25) is 5.02 Å². The molecule has 2 N–H and O–H groups in total. The average Bonchev–Trinajstić information content (AvgIpc) is 2.67. The van der Waals surface area contributed by atoms with E-state index in [1.54, 1.807) is 6.92 Å². The molecule has 1 aliphatic carbocycles. The molecular formula is C22H29Cl2NO3S. The SMILES string of the molecule is CCS(=O)(=O)CCCOc1ccc2c(c1)C(Cc1cccc(Cl)c1)C(N)CC2.Cl. The summed E-state index contributed by atoms with van der Waals surface area (Å²) in [6.07, 6.45) is 3.27. The zero-order valence-corrected chi connectivity index (χ0v) is 19.0. The molecule has 160 valence electrons. The molecule has 2 unspecified atom stereocenters. The summed E-state index contributed by atoms with van der Waals surface area (Å²) in [5.74, 6) is 1.33. The van der Waals surface area contributed by atoms with Crippen LogP contribution in [0.1, 0.15) is 42.4 Å². The second-order valence-corrected chi connectivity index (χ2v) is 10.4. The zero-order chi connectivity index (χ0) is 20.1. The van der Waals surface area contributed by atoms with Crippen molar-refractivity contribution in [1.29, 1.82) is 0 Å². The van der Waals surface area contributed by atoms with E-state index in [1.807, 2.05) is 24.3 Å². The van der Waals surface area contributed by atoms with Crippen LogP contribution >= 0.6 is 24.0 Å². The first kappa shape index (κ1) is 24.0. The van der Waals surface area contributed by atoms with Crippen molar-refractivity contribution >= 4 is 33.8 Å². The van der Waals surface area contributed by atoms with Gasteiger partial charge in [0.25, 0.3) is 0 Å². The van der Waals surface area contributed by atoms with Crippen LogP contribution in [0.25, 0.3) is 0 Å². The van der Waals surface area contributed by atoms with Gasteiger partial charge in [0, 0.05) is 22.7 Å². The molecule has 2 aromatic carbocycles. The maximum Gasteiger partial charge on any atom is 0.150 e. The van der Waals surface area contributed by atoms with Crippen LogP contribution in [-0.4, -0.2) is 32.6 Å². The highest BCUT2D eigenvalue weighted by atomic mass is 35.5. The van der Waals surface area contributed by atoms with Crippen LogP contribution in [0.3, 0.4) is 0 Å². The Labute approximate surface area is 185 Å². The number of hydrogen-bond acceptors (Lipinski definition) is 4. The summed E-state index contributed by atoms with van der Waals surface area (Å²) in [4.78, 5) is 0. The molecule has 0 spiro atoms. The predicted molar refractivity (Wildman–Crippen MR) is 122 cm³/mol. The summed E-state index contributed by atoms with van der Waals surface area (Å²) >= 11 is 6.14. The van der Waals surface area contributed by atoms with E-state index < -0.39 is 9.84 Å². The van der Waals surface area contributed by atoms with Crippen molar-refractivity contribution in [2.45, 2.75) is 44.6 Å². The number of fused-ring (bicyclic) bond motifs is 1. The van der Waals surface area contributed by atoms with E-state index in [9.17, 15) is 8.42 Å². The number of nitrogens with two attached hydrogens (primary N) is 1. The van der Waals surface area contributed by atoms with Crippen molar-refractivity contribution in [3.05, 3.63) is 64.2 Å². The lowest BCUT2D eigenvalue weighted by Crippen LogP contribution is -2.34. The summed E-state index contributed by atoms with van der Waals surface area (Å²) < 4.78 is 29.0. The van der Waals surface area contributed by atoms with Gasteiger partial charge < -0.3 is 10.5 Å². The van der Waals surface area contributed by atoms with E-state index >= 15 is 0 Å². The monoisotopic (exact) mass is 457 g/mol. The van der Waals surface area contributed by atoms with Gasteiger partial charge in [-0.25, -0.2) is 8.42 Å². The number of halogens is 2. The second kappa shape index (κ2) is 10.7. The van der Waals surface area contributed by atoms with E-state index in [4.69, 9.17) is 22.1 Å². The van der Waals surface area contributed by atoms with Crippen LogP contribution in [-0.2, 0) is 22.7 Å². The van der Waals surface area contributed by atoms with Crippen LogP contribution < -0.4 is 10.5 Å². The molecule has 4 nitrogen and oxygen atoms in total. The van der Waals surface area contributed by atoms with E-state index in [0.29, 0.717) is 13.0 Å². The summed E-state index contributed by atoms with van der Waals surface area (Å²) in [6.45, 7) is 2.06. The molecule has 0 fully saturated rings. The summed E-state index contributed by atoms with van der Waals surface area (Å²) in [7, 11) is -2.95. The third-order valence-electron chi connectivity index (χ3n) is 5.43. The molecule has 0 aromatic heterocycles. The Kier molecular flexibility index (Phi) is 8.83. The van der Waals surface area contributed by atoms with Crippen LogP contribution in [0.5, 0.6) is 5.75 Å². The van der Waals surface area contributed by atoms with Crippen LogP contribution in [0.4, 0.5) is 0 Å². The summed E-state index contributed by atoms with van der Waals surface area (Å²) in [5, 5.41) is 0.737. The van der Waals surface area contributed by atoms with Gasteiger partial charge >= 0.3 is 0 Å². The fraction of sp³-hybridized carbons (Fsp3) is 0.455. The predicted octanol–water partition coefficient (Wildman–Crippen LogP) is 4.57. The maximum atomic E-state index is 11.6. The molecule has 2 atom stereocenters. The molecule has 3 rings (SSSR count). The molecule has 0 saturated carbocycles. The normalized spacial score (nSPS) is 18.6. The fourth-order valence-electron chi connectivity index (χ4n) is 3.78. The van der Waals surface area contributed by atoms with Crippen LogP contribution in [0, 0.1) is 0 Å². The minimum absolute atomic E-state index is 0. The number of hydrogen-bond donors (Lipinski definition) is 1. The molecule has 0 bridgehead atoms. The van der Waals surface area contributed by atoms with E-state index in [2.05, 4.69) is 18.2 Å². The summed E-state index contributed by atoms with van der Waals surface area (Å²) in [5.41, 5.74) is 10.2. The molecule has 29 heavy (non-hydrogen) atoms. The minimum Gasteiger partial charge on any atom is -0.494 e. The highest BCUT2D eigenvalue weighted by Crippen LogP contribution is 2.36. The second-order valence-electron chi connectivity index (χ2n) is 7.44. The molecule has 7 heteroatoms. The van der Waals surface area contributed by atoms with E-state index in [-0.39, 0.29) is 35.9 Å². The van der Waals surface area contributed by atoms with Crippen molar-refractivity contribution in [1.82, 2.24) is 0 Å². The Hall–Kier alpha value is -1.27. The van der Waals surface area contributed by atoms with Gasteiger partial charge in [0.1, 0.15) is 15.6 Å². The first-order valence-corrected chi connectivity index (χ1v) is 12.0. The van der Waals surface area contributed by atoms with E-state index in [1.165, 1.54) is 16.7 Å². The molecule has 0 radical (unpaired) electrons. The molecule has 0 heterocycles. The number of sulfone groups is 1. The van der Waals surface area contributed by atoms with Gasteiger partial charge in [0.05, 0.1) is 12.4 Å². The van der Waals surface area contributed by atoms with Crippen LogP contribution in [0.15, 0.2) is 42.5 Å². The quantitative estimate of drug-likeness (QED) is 0.589. The molecule has 0 aliphatic heterocycles.